The zero-order valence-electron chi connectivity index (χ0n) is 20.1. The predicted octanol–water partition coefficient (Wildman–Crippen LogP) is 1.86. The van der Waals surface area contributed by atoms with Crippen LogP contribution < -0.4 is 5.32 Å². The van der Waals surface area contributed by atoms with Gasteiger partial charge < -0.3 is 14.8 Å². The average molecular weight is 463 g/mol. The second-order valence-corrected chi connectivity index (χ2v) is 7.23. The molecule has 9 heteroatoms. The summed E-state index contributed by atoms with van der Waals surface area (Å²) in [6, 6.07) is 4.88. The van der Waals surface area contributed by atoms with Crippen molar-refractivity contribution in [3.63, 3.8) is 0 Å². The maximum atomic E-state index is 12.6. The van der Waals surface area contributed by atoms with Crippen LogP contribution >= 0.6 is 0 Å². The lowest BCUT2D eigenvalue weighted by atomic mass is 10.0. The molecule has 1 amide bonds. The standard InChI is InChI=1S/C24H34N2O7/c1-6-9-19-12-11-18(2)20(16-19)23(28)25-13-8-7-10-21(24(29)31-4)26(14-15-33-32-5)17-22(27)30-3/h11-12,16,21H,7-8,10,13-15,17H2,1-5H3,(H,25,28). The van der Waals surface area contributed by atoms with Crippen LogP contribution in [0.15, 0.2) is 18.2 Å². The van der Waals surface area contributed by atoms with E-state index in [0.717, 1.165) is 11.1 Å². The number of amides is 1. The van der Waals surface area contributed by atoms with Crippen molar-refractivity contribution in [1.82, 2.24) is 10.2 Å². The molecule has 0 radical (unpaired) electrons. The Kier molecular flexibility index (Phi) is 13.5. The molecule has 0 saturated carbocycles. The smallest absolute Gasteiger partial charge is 0.323 e. The molecule has 0 bridgehead atoms. The lowest BCUT2D eigenvalue weighted by Crippen LogP contribution is -2.46. The van der Waals surface area contributed by atoms with Gasteiger partial charge in [-0.25, -0.2) is 9.78 Å². The largest absolute Gasteiger partial charge is 0.468 e. The number of unbranched alkanes of at least 4 members (excludes halogenated alkanes) is 1. The van der Waals surface area contributed by atoms with Crippen LogP contribution in [0.25, 0.3) is 0 Å². The lowest BCUT2D eigenvalue weighted by Gasteiger charge is -2.28. The van der Waals surface area contributed by atoms with E-state index in [1.165, 1.54) is 21.3 Å². The molecule has 0 aliphatic carbocycles. The summed E-state index contributed by atoms with van der Waals surface area (Å²) in [5.41, 5.74) is 2.25. The zero-order chi connectivity index (χ0) is 24.6. The molecule has 9 nitrogen and oxygen atoms in total. The number of ether oxygens (including phenoxy) is 2. The Labute approximate surface area is 195 Å². The summed E-state index contributed by atoms with van der Waals surface area (Å²) in [6.45, 7) is 4.42. The average Bonchev–Trinajstić information content (AvgIpc) is 2.81. The van der Waals surface area contributed by atoms with Gasteiger partial charge in [0.2, 0.25) is 0 Å². The number of hydrogen-bond donors (Lipinski definition) is 1. The van der Waals surface area contributed by atoms with Gasteiger partial charge in [-0.05, 0) is 50.8 Å². The Bertz CT molecular complexity index is 845. The van der Waals surface area contributed by atoms with Crippen molar-refractivity contribution >= 4 is 17.8 Å². The highest BCUT2D eigenvalue weighted by Crippen LogP contribution is 2.13. The Morgan fingerprint density at radius 3 is 2.52 bits per heavy atom. The topological polar surface area (TPSA) is 103 Å². The SMILES string of the molecule is CC#Cc1ccc(C)c(C(=O)NCCCCC(C(=O)OC)N(CCOOC)CC(=O)OC)c1. The molecule has 1 aromatic carbocycles. The monoisotopic (exact) mass is 462 g/mol. The minimum absolute atomic E-state index is 0.0870. The van der Waals surface area contributed by atoms with E-state index in [1.807, 2.05) is 19.1 Å². The first-order valence-electron chi connectivity index (χ1n) is 10.7. The van der Waals surface area contributed by atoms with Gasteiger partial charge in [-0.3, -0.25) is 19.3 Å². The van der Waals surface area contributed by atoms with Crippen LogP contribution in [0.4, 0.5) is 0 Å². The molecule has 0 saturated heterocycles. The molecule has 1 rings (SSSR count). The summed E-state index contributed by atoms with van der Waals surface area (Å²) in [5.74, 6) is 4.69. The summed E-state index contributed by atoms with van der Waals surface area (Å²) in [6.07, 6.45) is 1.71. The molecule has 0 spiro atoms. The highest BCUT2D eigenvalue weighted by molar-refractivity contribution is 5.96. The molecule has 182 valence electrons. The number of esters is 2. The number of rotatable bonds is 14. The number of carbonyl (C=O) groups is 3. The summed E-state index contributed by atoms with van der Waals surface area (Å²) < 4.78 is 9.66. The lowest BCUT2D eigenvalue weighted by molar-refractivity contribution is -0.274. The predicted molar refractivity (Wildman–Crippen MR) is 122 cm³/mol. The van der Waals surface area contributed by atoms with Gasteiger partial charge in [-0.1, -0.05) is 12.0 Å². The fourth-order valence-corrected chi connectivity index (χ4v) is 3.25. The first-order chi connectivity index (χ1) is 15.9. The Balaban J connectivity index is 2.67. The molecule has 0 aliphatic rings. The van der Waals surface area contributed by atoms with Crippen molar-refractivity contribution in [3.8, 4) is 11.8 Å². The number of benzene rings is 1. The molecule has 33 heavy (non-hydrogen) atoms. The van der Waals surface area contributed by atoms with Crippen molar-refractivity contribution < 1.29 is 33.6 Å². The van der Waals surface area contributed by atoms with Crippen molar-refractivity contribution in [1.29, 1.82) is 0 Å². The number of methoxy groups -OCH3 is 2. The molecule has 1 atom stereocenters. The zero-order valence-corrected chi connectivity index (χ0v) is 20.1. The van der Waals surface area contributed by atoms with E-state index in [2.05, 4.69) is 22.0 Å². The molecule has 1 aromatic rings. The number of carbonyl (C=O) groups excluding carboxylic acids is 3. The van der Waals surface area contributed by atoms with Crippen LogP contribution in [0.2, 0.25) is 0 Å². The van der Waals surface area contributed by atoms with Gasteiger partial charge >= 0.3 is 11.9 Å². The molecular formula is C24H34N2O7. The number of nitrogens with zero attached hydrogens (tertiary/aromatic N) is 1. The van der Waals surface area contributed by atoms with Crippen molar-refractivity contribution in [3.05, 3.63) is 34.9 Å². The van der Waals surface area contributed by atoms with Crippen LogP contribution in [-0.4, -0.2) is 76.4 Å². The number of nitrogens with one attached hydrogen (secondary N) is 1. The molecule has 0 heterocycles. The highest BCUT2D eigenvalue weighted by atomic mass is 17.2. The Morgan fingerprint density at radius 2 is 1.88 bits per heavy atom. The van der Waals surface area contributed by atoms with Crippen LogP contribution in [-0.2, 0) is 28.8 Å². The fourth-order valence-electron chi connectivity index (χ4n) is 3.25. The highest BCUT2D eigenvalue weighted by Gasteiger charge is 2.28. The first-order valence-corrected chi connectivity index (χ1v) is 10.7. The van der Waals surface area contributed by atoms with Crippen LogP contribution in [0.1, 0.15) is 47.7 Å². The summed E-state index contributed by atoms with van der Waals surface area (Å²) in [7, 11) is 3.97. The van der Waals surface area contributed by atoms with Crippen molar-refractivity contribution in [2.45, 2.75) is 39.2 Å². The molecular weight excluding hydrogens is 428 g/mol. The van der Waals surface area contributed by atoms with E-state index in [9.17, 15) is 14.4 Å². The van der Waals surface area contributed by atoms with Gasteiger partial charge in [0.25, 0.3) is 5.91 Å². The maximum Gasteiger partial charge on any atom is 0.323 e. The summed E-state index contributed by atoms with van der Waals surface area (Å²) in [4.78, 5) is 47.8. The van der Waals surface area contributed by atoms with E-state index < -0.39 is 18.0 Å². The quantitative estimate of drug-likeness (QED) is 0.147. The van der Waals surface area contributed by atoms with Crippen LogP contribution in [0.5, 0.6) is 0 Å². The fraction of sp³-hybridized carbons (Fsp3) is 0.542. The minimum atomic E-state index is -0.656. The molecule has 0 fully saturated rings. The van der Waals surface area contributed by atoms with E-state index >= 15 is 0 Å². The van der Waals surface area contributed by atoms with Gasteiger partial charge in [-0.15, -0.1) is 5.92 Å². The molecule has 0 aromatic heterocycles. The third-order valence-electron chi connectivity index (χ3n) is 5.00. The summed E-state index contributed by atoms with van der Waals surface area (Å²) in [5, 5.41) is 2.91. The molecule has 0 aliphatic heterocycles. The van der Waals surface area contributed by atoms with Gasteiger partial charge in [0.15, 0.2) is 0 Å². The molecule has 1 unspecified atom stereocenters. The van der Waals surface area contributed by atoms with Crippen molar-refractivity contribution in [2.24, 2.45) is 0 Å². The number of aryl methyl sites for hydroxylation is 1. The van der Waals surface area contributed by atoms with Gasteiger partial charge in [0.1, 0.15) is 6.04 Å². The second kappa shape index (κ2) is 15.8. The number of hydrogen-bond acceptors (Lipinski definition) is 8. The van der Waals surface area contributed by atoms with E-state index in [1.54, 1.807) is 17.9 Å². The Hall–Kier alpha value is -2.93. The second-order valence-electron chi connectivity index (χ2n) is 7.23. The third-order valence-corrected chi connectivity index (χ3v) is 5.00. The van der Waals surface area contributed by atoms with Gasteiger partial charge in [-0.2, -0.15) is 0 Å². The van der Waals surface area contributed by atoms with Crippen LogP contribution in [0.3, 0.4) is 0 Å². The van der Waals surface area contributed by atoms with Crippen molar-refractivity contribution in [2.75, 3.05) is 47.6 Å². The van der Waals surface area contributed by atoms with E-state index in [4.69, 9.17) is 14.4 Å². The van der Waals surface area contributed by atoms with Gasteiger partial charge in [0.05, 0.1) is 34.5 Å². The van der Waals surface area contributed by atoms with Gasteiger partial charge in [0, 0.05) is 24.2 Å². The third kappa shape index (κ3) is 10.0. The minimum Gasteiger partial charge on any atom is -0.468 e. The normalized spacial score (nSPS) is 11.3. The summed E-state index contributed by atoms with van der Waals surface area (Å²) >= 11 is 0. The Morgan fingerprint density at radius 1 is 1.12 bits per heavy atom. The maximum absolute atomic E-state index is 12.6. The first kappa shape index (κ1) is 28.1. The molecule has 1 N–H and O–H groups in total. The van der Waals surface area contributed by atoms with Crippen LogP contribution in [0, 0.1) is 18.8 Å². The van der Waals surface area contributed by atoms with E-state index in [0.29, 0.717) is 31.4 Å². The van der Waals surface area contributed by atoms with E-state index in [-0.39, 0.29) is 25.6 Å².